The quantitative estimate of drug-likeness (QED) is 0.622. The van der Waals surface area contributed by atoms with Gasteiger partial charge in [-0.2, -0.15) is 0 Å². The van der Waals surface area contributed by atoms with Gasteiger partial charge in [-0.05, 0) is 19.2 Å². The molecule has 0 saturated carbocycles. The fraction of sp³-hybridized carbons (Fsp3) is 0.250. The molecule has 0 unspecified atom stereocenters. The molecule has 0 radical (unpaired) electrons. The Kier molecular flexibility index (Phi) is 2.76. The number of hydrogen-bond acceptors (Lipinski definition) is 4. The van der Waals surface area contributed by atoms with Gasteiger partial charge in [0.2, 0.25) is 0 Å². The summed E-state index contributed by atoms with van der Waals surface area (Å²) < 4.78 is 0. The van der Waals surface area contributed by atoms with Crippen LogP contribution < -0.4 is 11.1 Å². The first-order valence-corrected chi connectivity index (χ1v) is 3.64. The van der Waals surface area contributed by atoms with Gasteiger partial charge in [-0.3, -0.25) is 4.79 Å². The molecule has 3 N–H and O–H groups in total. The van der Waals surface area contributed by atoms with Crippen LogP contribution in [0.5, 0.6) is 0 Å². The largest absolute Gasteiger partial charge is 0.383 e. The highest BCUT2D eigenvalue weighted by Gasteiger charge is 2.07. The van der Waals surface area contributed by atoms with E-state index in [1.165, 1.54) is 0 Å². The number of carbonyl (C=O) groups excluding carboxylic acids is 1. The van der Waals surface area contributed by atoms with Crippen LogP contribution in [-0.4, -0.2) is 24.4 Å². The number of ketones is 1. The second-order valence-corrected chi connectivity index (χ2v) is 2.39. The van der Waals surface area contributed by atoms with Gasteiger partial charge in [0.05, 0.1) is 12.1 Å². The monoisotopic (exact) mass is 165 g/mol. The first-order valence-electron chi connectivity index (χ1n) is 3.64. The van der Waals surface area contributed by atoms with Gasteiger partial charge in [-0.15, -0.1) is 0 Å². The third kappa shape index (κ3) is 1.79. The maximum absolute atomic E-state index is 11.3. The number of nitrogens with two attached hydrogens (primary N) is 1. The van der Waals surface area contributed by atoms with E-state index in [0.717, 1.165) is 0 Å². The molecule has 0 aliphatic carbocycles. The van der Waals surface area contributed by atoms with E-state index in [0.29, 0.717) is 5.56 Å². The predicted octanol–water partition coefficient (Wildman–Crippen LogP) is 0.0659. The first kappa shape index (κ1) is 8.67. The molecule has 4 nitrogen and oxygen atoms in total. The van der Waals surface area contributed by atoms with Crippen molar-refractivity contribution >= 4 is 11.6 Å². The van der Waals surface area contributed by atoms with Crippen LogP contribution in [0.2, 0.25) is 0 Å². The van der Waals surface area contributed by atoms with E-state index in [4.69, 9.17) is 5.73 Å². The number of carbonyl (C=O) groups is 1. The van der Waals surface area contributed by atoms with Crippen LogP contribution in [0, 0.1) is 0 Å². The molecular weight excluding hydrogens is 154 g/mol. The van der Waals surface area contributed by atoms with Crippen molar-refractivity contribution in [2.45, 2.75) is 0 Å². The number of nitrogen functional groups attached to an aromatic ring is 1. The maximum Gasteiger partial charge on any atom is 0.180 e. The summed E-state index contributed by atoms with van der Waals surface area (Å²) in [6.45, 7) is 0.288. The van der Waals surface area contributed by atoms with Gasteiger partial charge in [-0.1, -0.05) is 0 Å². The van der Waals surface area contributed by atoms with E-state index < -0.39 is 0 Å². The molecule has 1 rings (SSSR count). The number of anilines is 1. The number of nitrogens with zero attached hydrogens (tertiary/aromatic N) is 1. The van der Waals surface area contributed by atoms with Gasteiger partial charge in [0.15, 0.2) is 5.78 Å². The molecule has 0 saturated heterocycles. The van der Waals surface area contributed by atoms with Crippen molar-refractivity contribution in [3.63, 3.8) is 0 Å². The maximum atomic E-state index is 11.3. The summed E-state index contributed by atoms with van der Waals surface area (Å²) in [4.78, 5) is 15.1. The molecule has 0 amide bonds. The van der Waals surface area contributed by atoms with E-state index in [-0.39, 0.29) is 18.1 Å². The topological polar surface area (TPSA) is 68.0 Å². The van der Waals surface area contributed by atoms with Crippen molar-refractivity contribution in [1.29, 1.82) is 0 Å². The van der Waals surface area contributed by atoms with E-state index in [1.54, 1.807) is 25.4 Å². The lowest BCUT2D eigenvalue weighted by Crippen LogP contribution is -2.19. The van der Waals surface area contributed by atoms with Crippen molar-refractivity contribution in [2.24, 2.45) is 0 Å². The summed E-state index contributed by atoms with van der Waals surface area (Å²) in [5.74, 6) is 0.251. The molecule has 1 aromatic heterocycles. The van der Waals surface area contributed by atoms with Crippen molar-refractivity contribution in [2.75, 3.05) is 19.3 Å². The third-order valence-corrected chi connectivity index (χ3v) is 1.48. The summed E-state index contributed by atoms with van der Waals surface area (Å²) in [6, 6.07) is 3.36. The lowest BCUT2D eigenvalue weighted by Gasteiger charge is -2.01. The molecule has 0 spiro atoms. The molecule has 0 aliphatic heterocycles. The Morgan fingerprint density at radius 1 is 1.75 bits per heavy atom. The number of Topliss-reactive ketones (excluding diaryl/α,β-unsaturated/α-hetero) is 1. The zero-order chi connectivity index (χ0) is 8.97. The number of hydrogen-bond donors (Lipinski definition) is 2. The van der Waals surface area contributed by atoms with Crippen LogP contribution in [0.25, 0.3) is 0 Å². The molecule has 4 heteroatoms. The highest BCUT2D eigenvalue weighted by atomic mass is 16.1. The molecule has 0 bridgehead atoms. The Morgan fingerprint density at radius 3 is 3.08 bits per heavy atom. The minimum absolute atomic E-state index is 0.0388. The van der Waals surface area contributed by atoms with Gasteiger partial charge < -0.3 is 11.1 Å². The molecule has 64 valence electrons. The standard InChI is InChI=1S/C8H11N3O/c1-10-5-7(12)6-3-2-4-11-8(6)9/h2-4,10H,5H2,1H3,(H2,9,11). The van der Waals surface area contributed by atoms with Crippen molar-refractivity contribution in [1.82, 2.24) is 10.3 Å². The Hall–Kier alpha value is -1.42. The fourth-order valence-corrected chi connectivity index (χ4v) is 0.909. The summed E-state index contributed by atoms with van der Waals surface area (Å²) in [5, 5.41) is 2.76. The molecule has 12 heavy (non-hydrogen) atoms. The highest BCUT2D eigenvalue weighted by molar-refractivity contribution is 6.01. The van der Waals surface area contributed by atoms with Gasteiger partial charge >= 0.3 is 0 Å². The predicted molar refractivity (Wildman–Crippen MR) is 46.9 cm³/mol. The number of nitrogens with one attached hydrogen (secondary N) is 1. The van der Waals surface area contributed by atoms with Crippen LogP contribution in [0.1, 0.15) is 10.4 Å². The summed E-state index contributed by atoms with van der Waals surface area (Å²) >= 11 is 0. The van der Waals surface area contributed by atoms with Crippen LogP contribution in [0.3, 0.4) is 0 Å². The Labute approximate surface area is 70.8 Å². The number of likely N-dealkylation sites (N-methyl/N-ethyl adjacent to an activating group) is 1. The minimum atomic E-state index is -0.0388. The molecule has 0 aliphatic rings. The summed E-state index contributed by atoms with van der Waals surface area (Å²) in [6.07, 6.45) is 1.56. The number of aromatic nitrogens is 1. The van der Waals surface area contributed by atoms with E-state index in [1.807, 2.05) is 0 Å². The first-order chi connectivity index (χ1) is 5.75. The second-order valence-electron chi connectivity index (χ2n) is 2.39. The Bertz CT molecular complexity index is 285. The van der Waals surface area contributed by atoms with Crippen molar-refractivity contribution < 1.29 is 4.79 Å². The second kappa shape index (κ2) is 3.82. The van der Waals surface area contributed by atoms with Crippen LogP contribution >= 0.6 is 0 Å². The minimum Gasteiger partial charge on any atom is -0.383 e. The van der Waals surface area contributed by atoms with Crippen molar-refractivity contribution in [3.8, 4) is 0 Å². The van der Waals surface area contributed by atoms with Crippen LogP contribution in [-0.2, 0) is 0 Å². The normalized spacial score (nSPS) is 9.75. The van der Waals surface area contributed by atoms with E-state index in [9.17, 15) is 4.79 Å². The average molecular weight is 165 g/mol. The van der Waals surface area contributed by atoms with Gasteiger partial charge in [0, 0.05) is 6.20 Å². The average Bonchev–Trinajstić information content (AvgIpc) is 2.05. The third-order valence-electron chi connectivity index (χ3n) is 1.48. The van der Waals surface area contributed by atoms with Crippen molar-refractivity contribution in [3.05, 3.63) is 23.9 Å². The zero-order valence-corrected chi connectivity index (χ0v) is 6.87. The lowest BCUT2D eigenvalue weighted by molar-refractivity contribution is 0.0994. The molecule has 0 aromatic carbocycles. The van der Waals surface area contributed by atoms with E-state index in [2.05, 4.69) is 10.3 Å². The molecule has 0 atom stereocenters. The lowest BCUT2D eigenvalue weighted by atomic mass is 10.2. The van der Waals surface area contributed by atoms with Gasteiger partial charge in [0.25, 0.3) is 0 Å². The highest BCUT2D eigenvalue weighted by Crippen LogP contribution is 2.06. The van der Waals surface area contributed by atoms with Gasteiger partial charge in [0.1, 0.15) is 5.82 Å². The smallest absolute Gasteiger partial charge is 0.180 e. The Balaban J connectivity index is 2.87. The zero-order valence-electron chi connectivity index (χ0n) is 6.87. The Morgan fingerprint density at radius 2 is 2.50 bits per heavy atom. The fourth-order valence-electron chi connectivity index (χ4n) is 0.909. The number of pyridine rings is 1. The molecular formula is C8H11N3O. The molecule has 0 fully saturated rings. The molecule has 1 heterocycles. The van der Waals surface area contributed by atoms with Crippen LogP contribution in [0.15, 0.2) is 18.3 Å². The number of rotatable bonds is 3. The SMILES string of the molecule is CNCC(=O)c1cccnc1N. The van der Waals surface area contributed by atoms with E-state index >= 15 is 0 Å². The van der Waals surface area contributed by atoms with Crippen LogP contribution in [0.4, 0.5) is 5.82 Å². The summed E-state index contributed by atoms with van der Waals surface area (Å²) in [7, 11) is 1.71. The molecule has 1 aromatic rings. The summed E-state index contributed by atoms with van der Waals surface area (Å²) in [5.41, 5.74) is 5.97. The van der Waals surface area contributed by atoms with Gasteiger partial charge in [-0.25, -0.2) is 4.98 Å².